The zero-order valence-corrected chi connectivity index (χ0v) is 17.6. The van der Waals surface area contributed by atoms with Gasteiger partial charge in [-0.05, 0) is 60.1 Å². The zero-order valence-electron chi connectivity index (χ0n) is 17.6. The molecule has 29 heavy (non-hydrogen) atoms. The molecule has 0 atom stereocenters. The van der Waals surface area contributed by atoms with Crippen LogP contribution in [0, 0.1) is 11.8 Å². The first-order valence-electron chi connectivity index (χ1n) is 10.4. The van der Waals surface area contributed by atoms with Gasteiger partial charge in [-0.3, -0.25) is 0 Å². The van der Waals surface area contributed by atoms with Crippen LogP contribution in [0.25, 0.3) is 11.1 Å². The smallest absolute Gasteiger partial charge is 0.406 e. The van der Waals surface area contributed by atoms with Crippen molar-refractivity contribution >= 4 is 5.69 Å². The lowest BCUT2D eigenvalue weighted by atomic mass is 9.89. The Morgan fingerprint density at radius 2 is 1.34 bits per heavy atom. The summed E-state index contributed by atoms with van der Waals surface area (Å²) in [5.41, 5.74) is 2.89. The Labute approximate surface area is 172 Å². The Morgan fingerprint density at radius 3 is 1.83 bits per heavy atom. The molecule has 3 rings (SSSR count). The van der Waals surface area contributed by atoms with Gasteiger partial charge in [0.1, 0.15) is 5.75 Å². The third-order valence-electron chi connectivity index (χ3n) is 4.63. The molecule has 1 N–H and O–H groups in total. The molecule has 0 amide bonds. The second-order valence-electron chi connectivity index (χ2n) is 8.27. The maximum atomic E-state index is 12.2. The average molecular weight is 408 g/mol. The van der Waals surface area contributed by atoms with Gasteiger partial charge in [0.15, 0.2) is 0 Å². The van der Waals surface area contributed by atoms with Gasteiger partial charge in [-0.1, -0.05) is 64.3 Å². The van der Waals surface area contributed by atoms with E-state index in [1.165, 1.54) is 44.2 Å². The molecule has 160 valence electrons. The lowest BCUT2D eigenvalue weighted by Gasteiger charge is -2.22. The summed E-state index contributed by atoms with van der Waals surface area (Å²) in [6, 6.07) is 13.9. The average Bonchev–Trinajstić information content (AvgIpc) is 2.67. The van der Waals surface area contributed by atoms with Crippen molar-refractivity contribution < 1.29 is 17.9 Å². The van der Waals surface area contributed by atoms with Crippen LogP contribution in [-0.2, 0) is 0 Å². The first-order chi connectivity index (χ1) is 13.7. The maximum absolute atomic E-state index is 12.2. The normalized spacial score (nSPS) is 14.9. The molecule has 0 bridgehead atoms. The van der Waals surface area contributed by atoms with Crippen molar-refractivity contribution in [1.29, 1.82) is 0 Å². The van der Waals surface area contributed by atoms with E-state index in [0.29, 0.717) is 0 Å². The third kappa shape index (κ3) is 9.25. The van der Waals surface area contributed by atoms with Crippen LogP contribution in [0.5, 0.6) is 5.75 Å². The van der Waals surface area contributed by atoms with Gasteiger partial charge in [0.05, 0.1) is 0 Å². The van der Waals surface area contributed by atoms with Crippen molar-refractivity contribution in [3.63, 3.8) is 0 Å². The molecule has 1 aliphatic carbocycles. The van der Waals surface area contributed by atoms with Crippen molar-refractivity contribution in [2.24, 2.45) is 11.8 Å². The number of hydrogen-bond acceptors (Lipinski definition) is 2. The fourth-order valence-electron chi connectivity index (χ4n) is 3.28. The molecule has 2 nitrogen and oxygen atoms in total. The summed E-state index contributed by atoms with van der Waals surface area (Å²) in [6.45, 7) is 7.50. The van der Waals surface area contributed by atoms with Gasteiger partial charge in [-0.2, -0.15) is 0 Å². The summed E-state index contributed by atoms with van der Waals surface area (Å²) in [6.07, 6.45) is 1.97. The monoisotopic (exact) mass is 407 g/mol. The molecule has 0 aromatic heterocycles. The van der Waals surface area contributed by atoms with E-state index in [2.05, 4.69) is 30.8 Å². The summed E-state index contributed by atoms with van der Waals surface area (Å²) in [4.78, 5) is 0. The Kier molecular flexibility index (Phi) is 8.87. The zero-order chi connectivity index (χ0) is 21.3. The van der Waals surface area contributed by atoms with Crippen LogP contribution in [0.4, 0.5) is 18.9 Å². The van der Waals surface area contributed by atoms with E-state index in [9.17, 15) is 13.2 Å². The molecular weight excluding hydrogens is 375 g/mol. The number of alkyl halides is 3. The molecule has 0 unspecified atom stereocenters. The quantitative estimate of drug-likeness (QED) is 0.544. The van der Waals surface area contributed by atoms with Gasteiger partial charge >= 0.3 is 6.36 Å². The van der Waals surface area contributed by atoms with E-state index in [4.69, 9.17) is 0 Å². The summed E-state index contributed by atoms with van der Waals surface area (Å²) in [5.74, 6) is 1.39. The highest BCUT2D eigenvalue weighted by molar-refractivity contribution is 5.66. The number of nitrogens with one attached hydrogen (secondary N) is 1. The Hall–Kier alpha value is -2.17. The molecule has 5 heteroatoms. The molecule has 0 heterocycles. The van der Waals surface area contributed by atoms with Crippen LogP contribution in [-0.4, -0.2) is 12.9 Å². The lowest BCUT2D eigenvalue weighted by Crippen LogP contribution is -2.17. The van der Waals surface area contributed by atoms with Gasteiger partial charge in [-0.25, -0.2) is 0 Å². The third-order valence-corrected chi connectivity index (χ3v) is 4.63. The number of anilines is 1. The van der Waals surface area contributed by atoms with Crippen LogP contribution in [0.2, 0.25) is 0 Å². The summed E-state index contributed by atoms with van der Waals surface area (Å²) < 4.78 is 40.5. The molecule has 0 spiro atoms. The summed E-state index contributed by atoms with van der Waals surface area (Å²) in [7, 11) is 0. The highest BCUT2D eigenvalue weighted by Crippen LogP contribution is 2.28. The largest absolute Gasteiger partial charge is 0.573 e. The van der Waals surface area contributed by atoms with E-state index in [1.807, 2.05) is 24.3 Å². The minimum Gasteiger partial charge on any atom is -0.406 e. The minimum absolute atomic E-state index is 0.206. The predicted octanol–water partition coefficient (Wildman–Crippen LogP) is 7.91. The molecule has 2 aromatic rings. The van der Waals surface area contributed by atoms with Crippen molar-refractivity contribution in [3.05, 3.63) is 48.5 Å². The first kappa shape index (κ1) is 23.1. The number of ether oxygens (including phenoxy) is 1. The second kappa shape index (κ2) is 11.1. The van der Waals surface area contributed by atoms with Gasteiger partial charge in [0.2, 0.25) is 0 Å². The summed E-state index contributed by atoms with van der Waals surface area (Å²) in [5, 5.41) is 3.48. The number of rotatable bonds is 5. The van der Waals surface area contributed by atoms with Crippen LogP contribution in [0.1, 0.15) is 52.9 Å². The Morgan fingerprint density at radius 1 is 0.862 bits per heavy atom. The molecular formula is C24H32F3NO. The molecule has 1 saturated carbocycles. The number of hydrogen-bond donors (Lipinski definition) is 1. The van der Waals surface area contributed by atoms with Crippen molar-refractivity contribution in [2.45, 2.75) is 59.2 Å². The predicted molar refractivity (Wildman–Crippen MR) is 114 cm³/mol. The maximum Gasteiger partial charge on any atom is 0.573 e. The van der Waals surface area contributed by atoms with Gasteiger partial charge in [-0.15, -0.1) is 13.2 Å². The van der Waals surface area contributed by atoms with Crippen LogP contribution in [0.3, 0.4) is 0 Å². The lowest BCUT2D eigenvalue weighted by molar-refractivity contribution is -0.274. The Balaban J connectivity index is 0.000000687. The Bertz CT molecular complexity index is 700. The van der Waals surface area contributed by atoms with Gasteiger partial charge < -0.3 is 10.1 Å². The van der Waals surface area contributed by atoms with Gasteiger partial charge in [0, 0.05) is 12.2 Å². The standard InChI is InChI=1S/C20H22F3NO.C4H10/c21-20(22,23)25-19-12-8-17(9-13-19)16-6-10-18(11-7-16)24-14-15-4-2-1-3-5-15;1-4(2)3/h6-13,15,24H,1-5,14H2;4H,1-3H3. The summed E-state index contributed by atoms with van der Waals surface area (Å²) >= 11 is 0. The first-order valence-corrected chi connectivity index (χ1v) is 10.4. The number of benzene rings is 2. The van der Waals surface area contributed by atoms with Crippen molar-refractivity contribution in [2.75, 3.05) is 11.9 Å². The fraction of sp³-hybridized carbons (Fsp3) is 0.500. The van der Waals surface area contributed by atoms with E-state index < -0.39 is 6.36 Å². The van der Waals surface area contributed by atoms with E-state index in [0.717, 1.165) is 35.2 Å². The van der Waals surface area contributed by atoms with E-state index in [1.54, 1.807) is 12.1 Å². The second-order valence-corrected chi connectivity index (χ2v) is 8.27. The molecule has 0 aliphatic heterocycles. The SMILES string of the molecule is CC(C)C.FC(F)(F)Oc1ccc(-c2ccc(NCC3CCCCC3)cc2)cc1. The van der Waals surface area contributed by atoms with Crippen LogP contribution >= 0.6 is 0 Å². The minimum atomic E-state index is -4.66. The van der Waals surface area contributed by atoms with Crippen LogP contribution in [0.15, 0.2) is 48.5 Å². The van der Waals surface area contributed by atoms with Crippen LogP contribution < -0.4 is 10.1 Å². The van der Waals surface area contributed by atoms with Crippen molar-refractivity contribution in [1.82, 2.24) is 0 Å². The van der Waals surface area contributed by atoms with Gasteiger partial charge in [0.25, 0.3) is 0 Å². The molecule has 1 aliphatic rings. The highest BCUT2D eigenvalue weighted by Gasteiger charge is 2.30. The molecule has 0 radical (unpaired) electrons. The van der Waals surface area contributed by atoms with E-state index in [-0.39, 0.29) is 5.75 Å². The molecule has 1 fully saturated rings. The van der Waals surface area contributed by atoms with E-state index >= 15 is 0 Å². The fourth-order valence-corrected chi connectivity index (χ4v) is 3.28. The topological polar surface area (TPSA) is 21.3 Å². The molecule has 2 aromatic carbocycles. The number of halogens is 3. The highest BCUT2D eigenvalue weighted by atomic mass is 19.4. The molecule has 0 saturated heterocycles. The van der Waals surface area contributed by atoms with Crippen molar-refractivity contribution in [3.8, 4) is 16.9 Å².